The number of nitrogens with zero attached hydrogens (tertiary/aromatic N) is 1. The summed E-state index contributed by atoms with van der Waals surface area (Å²) in [6.07, 6.45) is 3.86. The Kier molecular flexibility index (Phi) is 6.62. The van der Waals surface area contributed by atoms with E-state index in [0.717, 1.165) is 25.9 Å². The largest absolute Gasteiger partial charge is 0.396 e. The minimum atomic E-state index is -0.416. The van der Waals surface area contributed by atoms with Crippen molar-refractivity contribution in [2.75, 3.05) is 26.2 Å². The Morgan fingerprint density at radius 2 is 2.05 bits per heavy atom. The van der Waals surface area contributed by atoms with E-state index in [4.69, 9.17) is 0 Å². The predicted molar refractivity (Wildman–Crippen MR) is 91.5 cm³/mol. The smallest absolute Gasteiger partial charge is 0.0717 e. The van der Waals surface area contributed by atoms with Crippen LogP contribution in [-0.2, 0) is 0 Å². The fourth-order valence-corrected chi connectivity index (χ4v) is 2.95. The summed E-state index contributed by atoms with van der Waals surface area (Å²) in [4.78, 5) is 2.30. The van der Waals surface area contributed by atoms with Crippen molar-refractivity contribution in [2.45, 2.75) is 32.8 Å². The van der Waals surface area contributed by atoms with Crippen molar-refractivity contribution < 1.29 is 10.2 Å². The van der Waals surface area contributed by atoms with Gasteiger partial charge in [0.2, 0.25) is 0 Å². The third-order valence-electron chi connectivity index (χ3n) is 4.41. The third kappa shape index (κ3) is 4.94. The number of piperidine rings is 1. The maximum Gasteiger partial charge on any atom is 0.0717 e. The fraction of sp³-hybridized carbons (Fsp3) is 0.579. The zero-order chi connectivity index (χ0) is 15.9. The summed E-state index contributed by atoms with van der Waals surface area (Å²) in [6, 6.07) is 10.5. The summed E-state index contributed by atoms with van der Waals surface area (Å²) in [5.74, 6) is 0.681. The molecule has 0 amide bonds. The first-order chi connectivity index (χ1) is 10.6. The topological polar surface area (TPSA) is 43.7 Å². The molecule has 0 radical (unpaired) electrons. The van der Waals surface area contributed by atoms with Gasteiger partial charge >= 0.3 is 0 Å². The zero-order valence-corrected chi connectivity index (χ0v) is 13.8. The SMILES string of the molecule is CC(C)C/C=C(\CN1CC[C@H](CO)[C@@H](O)C1)c1ccccc1. The average Bonchev–Trinajstić information content (AvgIpc) is 2.52. The molecule has 2 rings (SSSR count). The van der Waals surface area contributed by atoms with Crippen LogP contribution in [0.5, 0.6) is 0 Å². The molecular formula is C19H29NO2. The van der Waals surface area contributed by atoms with E-state index in [2.05, 4.69) is 49.1 Å². The molecule has 0 unspecified atom stereocenters. The quantitative estimate of drug-likeness (QED) is 0.849. The number of aliphatic hydroxyl groups excluding tert-OH is 2. The maximum atomic E-state index is 10.1. The van der Waals surface area contributed by atoms with E-state index in [-0.39, 0.29) is 12.5 Å². The summed E-state index contributed by atoms with van der Waals surface area (Å²) in [7, 11) is 0. The highest BCUT2D eigenvalue weighted by atomic mass is 16.3. The van der Waals surface area contributed by atoms with Crippen LogP contribution in [0.2, 0.25) is 0 Å². The number of hydrogen-bond acceptors (Lipinski definition) is 3. The number of likely N-dealkylation sites (tertiary alicyclic amines) is 1. The van der Waals surface area contributed by atoms with Gasteiger partial charge in [-0.2, -0.15) is 0 Å². The Morgan fingerprint density at radius 3 is 2.64 bits per heavy atom. The first-order valence-corrected chi connectivity index (χ1v) is 8.36. The lowest BCUT2D eigenvalue weighted by molar-refractivity contribution is 0.00259. The molecule has 1 aliphatic heterocycles. The van der Waals surface area contributed by atoms with Gasteiger partial charge in [-0.3, -0.25) is 4.90 Å². The molecule has 22 heavy (non-hydrogen) atoms. The first kappa shape index (κ1) is 17.2. The van der Waals surface area contributed by atoms with E-state index in [0.29, 0.717) is 12.5 Å². The van der Waals surface area contributed by atoms with Crippen molar-refractivity contribution in [2.24, 2.45) is 11.8 Å². The van der Waals surface area contributed by atoms with Gasteiger partial charge in [-0.15, -0.1) is 0 Å². The molecule has 3 heteroatoms. The molecule has 1 aromatic carbocycles. The number of aliphatic hydroxyl groups is 2. The summed E-state index contributed by atoms with van der Waals surface area (Å²) in [5, 5.41) is 19.4. The second-order valence-corrected chi connectivity index (χ2v) is 6.76. The van der Waals surface area contributed by atoms with Gasteiger partial charge in [-0.25, -0.2) is 0 Å². The van der Waals surface area contributed by atoms with Gasteiger partial charge in [0.25, 0.3) is 0 Å². The van der Waals surface area contributed by atoms with Crippen LogP contribution in [0.15, 0.2) is 36.4 Å². The van der Waals surface area contributed by atoms with E-state index in [1.807, 2.05) is 6.07 Å². The van der Waals surface area contributed by atoms with Crippen molar-refractivity contribution in [3.05, 3.63) is 42.0 Å². The first-order valence-electron chi connectivity index (χ1n) is 8.36. The molecule has 1 aromatic rings. The monoisotopic (exact) mass is 303 g/mol. The van der Waals surface area contributed by atoms with E-state index in [1.165, 1.54) is 11.1 Å². The average molecular weight is 303 g/mol. The molecule has 0 aliphatic carbocycles. The number of allylic oxidation sites excluding steroid dienone is 1. The Bertz CT molecular complexity index is 470. The van der Waals surface area contributed by atoms with E-state index < -0.39 is 6.10 Å². The molecule has 1 fully saturated rings. The zero-order valence-electron chi connectivity index (χ0n) is 13.8. The highest BCUT2D eigenvalue weighted by Gasteiger charge is 2.27. The molecule has 2 N–H and O–H groups in total. The van der Waals surface area contributed by atoms with Crippen LogP contribution in [-0.4, -0.2) is 47.5 Å². The number of benzene rings is 1. The number of hydrogen-bond donors (Lipinski definition) is 2. The molecule has 0 bridgehead atoms. The van der Waals surface area contributed by atoms with Gasteiger partial charge in [-0.05, 0) is 36.4 Å². The van der Waals surface area contributed by atoms with Gasteiger partial charge in [0.1, 0.15) is 0 Å². The minimum absolute atomic E-state index is 0.0380. The van der Waals surface area contributed by atoms with Crippen LogP contribution in [0.1, 0.15) is 32.3 Å². The summed E-state index contributed by atoms with van der Waals surface area (Å²) in [5.41, 5.74) is 2.60. The van der Waals surface area contributed by atoms with Gasteiger partial charge < -0.3 is 10.2 Å². The minimum Gasteiger partial charge on any atom is -0.396 e. The molecule has 0 saturated carbocycles. The van der Waals surface area contributed by atoms with E-state index >= 15 is 0 Å². The van der Waals surface area contributed by atoms with Gasteiger partial charge in [0, 0.05) is 25.6 Å². The lowest BCUT2D eigenvalue weighted by Gasteiger charge is -2.35. The van der Waals surface area contributed by atoms with Gasteiger partial charge in [0.05, 0.1) is 6.10 Å². The lowest BCUT2D eigenvalue weighted by Crippen LogP contribution is -2.45. The van der Waals surface area contributed by atoms with Crippen molar-refractivity contribution >= 4 is 5.57 Å². The Labute approximate surface area is 134 Å². The predicted octanol–water partition coefficient (Wildman–Crippen LogP) is 2.79. The highest BCUT2D eigenvalue weighted by Crippen LogP contribution is 2.22. The molecule has 2 atom stereocenters. The third-order valence-corrected chi connectivity index (χ3v) is 4.41. The van der Waals surface area contributed by atoms with Gasteiger partial charge in [0.15, 0.2) is 0 Å². The summed E-state index contributed by atoms with van der Waals surface area (Å²) in [6.45, 7) is 7.01. The Balaban J connectivity index is 2.06. The van der Waals surface area contributed by atoms with Crippen LogP contribution in [0.4, 0.5) is 0 Å². The number of β-amino-alcohol motifs (C(OH)–C–C–N with tert-alkyl or cyclic N) is 1. The maximum absolute atomic E-state index is 10.1. The molecular weight excluding hydrogens is 274 g/mol. The second kappa shape index (κ2) is 8.47. The molecule has 122 valence electrons. The fourth-order valence-electron chi connectivity index (χ4n) is 2.95. The molecule has 1 saturated heterocycles. The summed E-state index contributed by atoms with van der Waals surface area (Å²) < 4.78 is 0. The van der Waals surface area contributed by atoms with Crippen molar-refractivity contribution in [3.8, 4) is 0 Å². The Hall–Kier alpha value is -1.16. The van der Waals surface area contributed by atoms with Crippen molar-refractivity contribution in [1.82, 2.24) is 4.90 Å². The van der Waals surface area contributed by atoms with Crippen LogP contribution in [0.3, 0.4) is 0 Å². The normalized spacial score (nSPS) is 24.0. The molecule has 1 aliphatic rings. The second-order valence-electron chi connectivity index (χ2n) is 6.76. The molecule has 0 aromatic heterocycles. The van der Waals surface area contributed by atoms with Gasteiger partial charge in [-0.1, -0.05) is 50.3 Å². The van der Waals surface area contributed by atoms with Crippen LogP contribution < -0.4 is 0 Å². The lowest BCUT2D eigenvalue weighted by atomic mass is 9.93. The van der Waals surface area contributed by atoms with Crippen molar-refractivity contribution in [3.63, 3.8) is 0 Å². The van der Waals surface area contributed by atoms with Crippen LogP contribution in [0, 0.1) is 11.8 Å². The van der Waals surface area contributed by atoms with Crippen LogP contribution >= 0.6 is 0 Å². The van der Waals surface area contributed by atoms with E-state index in [9.17, 15) is 10.2 Å². The molecule has 1 heterocycles. The van der Waals surface area contributed by atoms with E-state index in [1.54, 1.807) is 0 Å². The molecule has 0 spiro atoms. The molecule has 3 nitrogen and oxygen atoms in total. The highest BCUT2D eigenvalue weighted by molar-refractivity contribution is 5.66. The van der Waals surface area contributed by atoms with Crippen LogP contribution in [0.25, 0.3) is 5.57 Å². The summed E-state index contributed by atoms with van der Waals surface area (Å²) >= 11 is 0. The Morgan fingerprint density at radius 1 is 1.32 bits per heavy atom. The van der Waals surface area contributed by atoms with Crippen molar-refractivity contribution in [1.29, 1.82) is 0 Å². The number of rotatable bonds is 6. The standard InChI is InChI=1S/C19H29NO2/c1-15(2)8-9-17(16-6-4-3-5-7-16)12-20-11-10-18(14-21)19(22)13-20/h3-7,9,15,18-19,21-22H,8,10-14H2,1-2H3/b17-9+/t18-,19+/m1/s1.